The van der Waals surface area contributed by atoms with E-state index in [2.05, 4.69) is 0 Å². The van der Waals surface area contributed by atoms with Crippen molar-refractivity contribution in [2.24, 2.45) is 0 Å². The topological polar surface area (TPSA) is 18.5 Å². The summed E-state index contributed by atoms with van der Waals surface area (Å²) in [7, 11) is 0. The van der Waals surface area contributed by atoms with Gasteiger partial charge in [-0.1, -0.05) is 18.2 Å². The summed E-state index contributed by atoms with van der Waals surface area (Å²) in [6, 6.07) is 0. The van der Waals surface area contributed by atoms with Gasteiger partial charge >= 0.3 is 0 Å². The molecular formula is C8H8O2. The van der Waals surface area contributed by atoms with E-state index in [1.807, 2.05) is 30.4 Å². The molecule has 10 heavy (non-hydrogen) atoms. The summed E-state index contributed by atoms with van der Waals surface area (Å²) >= 11 is 0. The van der Waals surface area contributed by atoms with Gasteiger partial charge in [-0.05, 0) is 12.2 Å². The van der Waals surface area contributed by atoms with E-state index in [0.29, 0.717) is 6.79 Å². The van der Waals surface area contributed by atoms with Crippen LogP contribution in [0.4, 0.5) is 0 Å². The van der Waals surface area contributed by atoms with Gasteiger partial charge in [0.2, 0.25) is 0 Å². The molecule has 1 atom stereocenters. The molecule has 1 fully saturated rings. The third kappa shape index (κ3) is 0.866. The van der Waals surface area contributed by atoms with Gasteiger partial charge in [0.15, 0.2) is 6.79 Å². The number of hydrogen-bond acceptors (Lipinski definition) is 2. The number of hydrogen-bond donors (Lipinski definition) is 0. The van der Waals surface area contributed by atoms with Crippen LogP contribution < -0.4 is 0 Å². The molecule has 1 unspecified atom stereocenters. The summed E-state index contributed by atoms with van der Waals surface area (Å²) in [6.45, 7) is 0.384. The second-order valence-corrected chi connectivity index (χ2v) is 2.19. The fraction of sp³-hybridized carbons (Fsp3) is 0.250. The fourth-order valence-electron chi connectivity index (χ4n) is 1.01. The highest BCUT2D eigenvalue weighted by molar-refractivity contribution is 5.25. The Kier molecular flexibility index (Phi) is 1.32. The van der Waals surface area contributed by atoms with Gasteiger partial charge in [-0.15, -0.1) is 0 Å². The van der Waals surface area contributed by atoms with E-state index < -0.39 is 0 Å². The van der Waals surface area contributed by atoms with Crippen LogP contribution in [-0.2, 0) is 9.47 Å². The van der Waals surface area contributed by atoms with Crippen molar-refractivity contribution < 1.29 is 9.47 Å². The Labute approximate surface area is 59.4 Å². The Morgan fingerprint density at radius 1 is 1.30 bits per heavy atom. The molecular weight excluding hydrogens is 128 g/mol. The summed E-state index contributed by atoms with van der Waals surface area (Å²) in [5.74, 6) is 0.907. The highest BCUT2D eigenvalue weighted by Gasteiger charge is 2.19. The molecule has 1 aliphatic carbocycles. The number of rotatable bonds is 0. The van der Waals surface area contributed by atoms with Crippen molar-refractivity contribution in [1.29, 1.82) is 0 Å². The lowest BCUT2D eigenvalue weighted by molar-refractivity contribution is 0.0628. The molecule has 0 spiro atoms. The Morgan fingerprint density at radius 3 is 3.30 bits per heavy atom. The summed E-state index contributed by atoms with van der Waals surface area (Å²) in [6.07, 6.45) is 9.82. The van der Waals surface area contributed by atoms with Crippen molar-refractivity contribution in [2.45, 2.75) is 6.10 Å². The van der Waals surface area contributed by atoms with Crippen LogP contribution in [0.3, 0.4) is 0 Å². The maximum atomic E-state index is 5.22. The molecule has 0 aromatic rings. The maximum absolute atomic E-state index is 5.22. The van der Waals surface area contributed by atoms with Gasteiger partial charge in [0.05, 0.1) is 0 Å². The molecule has 2 nitrogen and oxygen atoms in total. The Hall–Kier alpha value is -1.02. The predicted octanol–water partition coefficient (Wildman–Crippen LogP) is 1.37. The summed E-state index contributed by atoms with van der Waals surface area (Å²) in [5, 5.41) is 0. The van der Waals surface area contributed by atoms with E-state index in [4.69, 9.17) is 9.47 Å². The standard InChI is InChI=1S/C8H8O2/c1-2-4-7-8(5-3-1)10-6-9-7/h1-5,7H,6H2. The van der Waals surface area contributed by atoms with Crippen molar-refractivity contribution >= 4 is 0 Å². The van der Waals surface area contributed by atoms with Gasteiger partial charge in [-0.2, -0.15) is 0 Å². The second-order valence-electron chi connectivity index (χ2n) is 2.19. The lowest BCUT2D eigenvalue weighted by Crippen LogP contribution is -2.01. The van der Waals surface area contributed by atoms with Crippen molar-refractivity contribution in [3.8, 4) is 0 Å². The molecule has 1 heterocycles. The van der Waals surface area contributed by atoms with Crippen LogP contribution in [0.2, 0.25) is 0 Å². The maximum Gasteiger partial charge on any atom is 0.189 e. The highest BCUT2D eigenvalue weighted by Crippen LogP contribution is 2.19. The van der Waals surface area contributed by atoms with Gasteiger partial charge in [-0.25, -0.2) is 0 Å². The van der Waals surface area contributed by atoms with Gasteiger partial charge in [0, 0.05) is 0 Å². The zero-order valence-corrected chi connectivity index (χ0v) is 5.49. The van der Waals surface area contributed by atoms with Crippen molar-refractivity contribution in [1.82, 2.24) is 0 Å². The monoisotopic (exact) mass is 136 g/mol. The van der Waals surface area contributed by atoms with Crippen LogP contribution in [0.15, 0.2) is 36.1 Å². The smallest absolute Gasteiger partial charge is 0.189 e. The van der Waals surface area contributed by atoms with Crippen LogP contribution in [-0.4, -0.2) is 12.9 Å². The minimum Gasteiger partial charge on any atom is -0.469 e. The molecule has 0 aromatic carbocycles. The summed E-state index contributed by atoms with van der Waals surface area (Å²) in [4.78, 5) is 0. The van der Waals surface area contributed by atoms with Crippen LogP contribution in [0.1, 0.15) is 0 Å². The van der Waals surface area contributed by atoms with Crippen LogP contribution in [0, 0.1) is 0 Å². The number of allylic oxidation sites excluding steroid dienone is 4. The number of fused-ring (bicyclic) bond motifs is 1. The Balaban J connectivity index is 2.29. The van der Waals surface area contributed by atoms with E-state index in [0.717, 1.165) is 5.76 Å². The van der Waals surface area contributed by atoms with E-state index >= 15 is 0 Å². The zero-order chi connectivity index (χ0) is 6.81. The SMILES string of the molecule is C1=CC=C2OCOC2C=C1. The molecule has 0 radical (unpaired) electrons. The van der Waals surface area contributed by atoms with Gasteiger partial charge < -0.3 is 9.47 Å². The Bertz CT molecular complexity index is 213. The summed E-state index contributed by atoms with van der Waals surface area (Å²) < 4.78 is 10.4. The molecule has 0 bridgehead atoms. The van der Waals surface area contributed by atoms with Crippen molar-refractivity contribution in [3.63, 3.8) is 0 Å². The summed E-state index contributed by atoms with van der Waals surface area (Å²) in [5.41, 5.74) is 0. The van der Waals surface area contributed by atoms with Crippen LogP contribution >= 0.6 is 0 Å². The molecule has 0 N–H and O–H groups in total. The van der Waals surface area contributed by atoms with E-state index in [1.165, 1.54) is 0 Å². The fourth-order valence-corrected chi connectivity index (χ4v) is 1.01. The first-order chi connectivity index (χ1) is 4.97. The predicted molar refractivity (Wildman–Crippen MR) is 37.2 cm³/mol. The molecule has 0 aromatic heterocycles. The molecule has 1 saturated heterocycles. The normalized spacial score (nSPS) is 28.8. The largest absolute Gasteiger partial charge is 0.469 e. The molecule has 52 valence electrons. The average Bonchev–Trinajstić information content (AvgIpc) is 2.28. The van der Waals surface area contributed by atoms with E-state index in [-0.39, 0.29) is 6.10 Å². The zero-order valence-electron chi connectivity index (χ0n) is 5.49. The minimum absolute atomic E-state index is 0.0509. The lowest BCUT2D eigenvalue weighted by atomic mass is 10.3. The van der Waals surface area contributed by atoms with Gasteiger partial charge in [0.1, 0.15) is 11.9 Å². The highest BCUT2D eigenvalue weighted by atomic mass is 16.7. The van der Waals surface area contributed by atoms with Gasteiger partial charge in [-0.3, -0.25) is 0 Å². The quantitative estimate of drug-likeness (QED) is 0.500. The molecule has 2 heteroatoms. The van der Waals surface area contributed by atoms with Crippen molar-refractivity contribution in [2.75, 3.05) is 6.79 Å². The minimum atomic E-state index is 0.0509. The second kappa shape index (κ2) is 2.31. The molecule has 1 aliphatic heterocycles. The molecule has 0 amide bonds. The van der Waals surface area contributed by atoms with E-state index in [9.17, 15) is 0 Å². The average molecular weight is 136 g/mol. The number of ether oxygens (including phenoxy) is 2. The van der Waals surface area contributed by atoms with Crippen LogP contribution in [0.25, 0.3) is 0 Å². The Morgan fingerprint density at radius 2 is 2.30 bits per heavy atom. The van der Waals surface area contributed by atoms with Crippen LogP contribution in [0.5, 0.6) is 0 Å². The molecule has 2 aliphatic rings. The lowest BCUT2D eigenvalue weighted by Gasteiger charge is -1.98. The first-order valence-corrected chi connectivity index (χ1v) is 3.26. The first kappa shape index (κ1) is 5.74. The van der Waals surface area contributed by atoms with Gasteiger partial charge in [0.25, 0.3) is 0 Å². The third-order valence-corrected chi connectivity index (χ3v) is 1.52. The first-order valence-electron chi connectivity index (χ1n) is 3.26. The van der Waals surface area contributed by atoms with E-state index in [1.54, 1.807) is 0 Å². The molecule has 2 rings (SSSR count). The van der Waals surface area contributed by atoms with Crippen molar-refractivity contribution in [3.05, 3.63) is 36.1 Å². The third-order valence-electron chi connectivity index (χ3n) is 1.52. The molecule has 0 saturated carbocycles.